The predicted molar refractivity (Wildman–Crippen MR) is 94.8 cm³/mol. The summed E-state index contributed by atoms with van der Waals surface area (Å²) in [5.74, 6) is 0. The third kappa shape index (κ3) is 21.8. The van der Waals surface area contributed by atoms with Crippen LogP contribution in [0.4, 0.5) is 0 Å². The van der Waals surface area contributed by atoms with E-state index >= 15 is 0 Å². The Morgan fingerprint density at radius 3 is 1.65 bits per heavy atom. The zero-order valence-corrected chi connectivity index (χ0v) is 15.9. The fourth-order valence-corrected chi connectivity index (χ4v) is 1.54. The van der Waals surface area contributed by atoms with Crippen molar-refractivity contribution in [1.82, 2.24) is 0 Å². The van der Waals surface area contributed by atoms with Crippen LogP contribution in [0.25, 0.3) is 0 Å². The van der Waals surface area contributed by atoms with Gasteiger partial charge in [-0.1, -0.05) is 33.1 Å². The maximum absolute atomic E-state index is 8.80. The molecule has 0 spiro atoms. The Morgan fingerprint density at radius 2 is 1.22 bits per heavy atom. The molecule has 0 fully saturated rings. The third-order valence-electron chi connectivity index (χ3n) is 3.15. The molecule has 0 aliphatic heterocycles. The van der Waals surface area contributed by atoms with Gasteiger partial charge in [-0.2, -0.15) is 0 Å². The van der Waals surface area contributed by atoms with Gasteiger partial charge in [0.25, 0.3) is 0 Å². The number of rotatable bonds is 14. The van der Waals surface area contributed by atoms with E-state index in [1.54, 1.807) is 0 Å². The zero-order chi connectivity index (χ0) is 17.9. The van der Waals surface area contributed by atoms with Crippen LogP contribution in [0.1, 0.15) is 66.7 Å². The highest BCUT2D eigenvalue weighted by atomic mass is 16.6. The Hall–Kier alpha value is -0.200. The molecule has 3 unspecified atom stereocenters. The minimum atomic E-state index is -0.126. The molecule has 0 rings (SSSR count). The molecule has 0 heterocycles. The highest BCUT2D eigenvalue weighted by Gasteiger charge is 2.08. The lowest BCUT2D eigenvalue weighted by Gasteiger charge is -2.19. The average Bonchev–Trinajstić information content (AvgIpc) is 2.56. The van der Waals surface area contributed by atoms with Gasteiger partial charge in [0.1, 0.15) is 0 Å². The van der Waals surface area contributed by atoms with Crippen molar-refractivity contribution < 1.29 is 24.4 Å². The van der Waals surface area contributed by atoms with Crippen LogP contribution < -0.4 is 0 Å². The molecular weight excluding hydrogens is 296 g/mol. The van der Waals surface area contributed by atoms with Gasteiger partial charge < -0.3 is 24.4 Å². The molecule has 0 aromatic carbocycles. The first-order valence-electron chi connectivity index (χ1n) is 9.08. The molecule has 0 aromatic rings. The van der Waals surface area contributed by atoms with Gasteiger partial charge in [-0.3, -0.25) is 0 Å². The molecule has 0 saturated carbocycles. The van der Waals surface area contributed by atoms with Crippen LogP contribution in [-0.4, -0.2) is 61.6 Å². The minimum absolute atomic E-state index is 0.0289. The highest BCUT2D eigenvalue weighted by Crippen LogP contribution is 2.01. The second kappa shape index (κ2) is 19.8. The Balaban J connectivity index is 0. The van der Waals surface area contributed by atoms with Crippen molar-refractivity contribution in [3.8, 4) is 0 Å². The van der Waals surface area contributed by atoms with E-state index in [4.69, 9.17) is 24.4 Å². The highest BCUT2D eigenvalue weighted by molar-refractivity contribution is 4.54. The Labute approximate surface area is 143 Å². The summed E-state index contributed by atoms with van der Waals surface area (Å²) in [4.78, 5) is 0. The lowest BCUT2D eigenvalue weighted by molar-refractivity contribution is -0.0745. The molecule has 0 radical (unpaired) electrons. The molecule has 5 nitrogen and oxygen atoms in total. The molecule has 0 amide bonds. The van der Waals surface area contributed by atoms with E-state index in [1.807, 2.05) is 20.8 Å². The molecule has 23 heavy (non-hydrogen) atoms. The standard InChI is InChI=1S/C13H28O4.C5H12O/c1-5-6-7-15-12(3)9-17-13(4)10-16-11(2)8-14;1-2-3-4-5-6/h11-14H,5-10H2,1-4H3;6H,2-5H2,1H3. The van der Waals surface area contributed by atoms with Crippen LogP contribution in [-0.2, 0) is 14.2 Å². The van der Waals surface area contributed by atoms with E-state index in [9.17, 15) is 0 Å². The Bertz CT molecular complexity index is 210. The first kappa shape index (κ1) is 25.0. The number of unbranched alkanes of at least 4 members (excludes halogenated alkanes) is 3. The Morgan fingerprint density at radius 1 is 0.696 bits per heavy atom. The van der Waals surface area contributed by atoms with Crippen molar-refractivity contribution in [2.24, 2.45) is 0 Å². The van der Waals surface area contributed by atoms with Gasteiger partial charge in [-0.15, -0.1) is 0 Å². The summed E-state index contributed by atoms with van der Waals surface area (Å²) in [5, 5.41) is 17.0. The minimum Gasteiger partial charge on any atom is -0.396 e. The van der Waals surface area contributed by atoms with E-state index < -0.39 is 0 Å². The quantitative estimate of drug-likeness (QED) is 0.477. The van der Waals surface area contributed by atoms with Crippen molar-refractivity contribution >= 4 is 0 Å². The molecule has 142 valence electrons. The van der Waals surface area contributed by atoms with Gasteiger partial charge in [0.05, 0.1) is 38.1 Å². The second-order valence-electron chi connectivity index (χ2n) is 5.94. The van der Waals surface area contributed by atoms with Crippen molar-refractivity contribution in [2.75, 3.05) is 33.0 Å². The number of hydrogen-bond donors (Lipinski definition) is 2. The second-order valence-corrected chi connectivity index (χ2v) is 5.94. The molecule has 0 aromatic heterocycles. The van der Waals surface area contributed by atoms with Gasteiger partial charge in [-0.05, 0) is 33.6 Å². The third-order valence-corrected chi connectivity index (χ3v) is 3.15. The van der Waals surface area contributed by atoms with Crippen LogP contribution in [0.5, 0.6) is 0 Å². The van der Waals surface area contributed by atoms with Crippen molar-refractivity contribution in [2.45, 2.75) is 85.0 Å². The topological polar surface area (TPSA) is 68.2 Å². The number of aliphatic hydroxyl groups is 2. The normalized spacial score (nSPS) is 14.7. The molecule has 5 heteroatoms. The van der Waals surface area contributed by atoms with E-state index in [-0.39, 0.29) is 24.9 Å². The van der Waals surface area contributed by atoms with Gasteiger partial charge in [0.2, 0.25) is 0 Å². The summed E-state index contributed by atoms with van der Waals surface area (Å²) < 4.78 is 16.5. The SMILES string of the molecule is CCCCCO.CCCCOC(C)COC(C)COC(C)CO. The molecular formula is C18H40O5. The fraction of sp³-hybridized carbons (Fsp3) is 1.00. The average molecular weight is 337 g/mol. The summed E-state index contributed by atoms with van der Waals surface area (Å²) in [6, 6.07) is 0. The molecule has 2 N–H and O–H groups in total. The smallest absolute Gasteiger partial charge is 0.0781 e. The lowest BCUT2D eigenvalue weighted by atomic mass is 10.3. The molecule has 0 saturated heterocycles. The van der Waals surface area contributed by atoms with Crippen molar-refractivity contribution in [3.05, 3.63) is 0 Å². The Kier molecular flexibility index (Phi) is 21.6. The first-order valence-corrected chi connectivity index (χ1v) is 9.08. The first-order chi connectivity index (χ1) is 11.0. The summed E-state index contributed by atoms with van der Waals surface area (Å²) in [7, 11) is 0. The van der Waals surface area contributed by atoms with Crippen LogP contribution >= 0.6 is 0 Å². The van der Waals surface area contributed by atoms with E-state index in [1.165, 1.54) is 6.42 Å². The van der Waals surface area contributed by atoms with E-state index in [2.05, 4.69) is 13.8 Å². The zero-order valence-electron chi connectivity index (χ0n) is 15.9. The van der Waals surface area contributed by atoms with Crippen LogP contribution in [0.3, 0.4) is 0 Å². The van der Waals surface area contributed by atoms with Crippen molar-refractivity contribution in [3.63, 3.8) is 0 Å². The molecule has 0 aliphatic rings. The molecule has 3 atom stereocenters. The van der Waals surface area contributed by atoms with Crippen LogP contribution in [0, 0.1) is 0 Å². The van der Waals surface area contributed by atoms with Crippen molar-refractivity contribution in [1.29, 1.82) is 0 Å². The monoisotopic (exact) mass is 336 g/mol. The predicted octanol–water partition coefficient (Wildman–Crippen LogP) is 3.16. The van der Waals surface area contributed by atoms with Gasteiger partial charge in [0.15, 0.2) is 0 Å². The fourth-order valence-electron chi connectivity index (χ4n) is 1.54. The number of aliphatic hydroxyl groups excluding tert-OH is 2. The van der Waals surface area contributed by atoms with E-state index in [0.717, 1.165) is 32.3 Å². The number of ether oxygens (including phenoxy) is 3. The molecule has 0 bridgehead atoms. The van der Waals surface area contributed by atoms with Gasteiger partial charge in [0, 0.05) is 13.2 Å². The summed E-state index contributed by atoms with van der Waals surface area (Å²) in [6.45, 7) is 12.4. The summed E-state index contributed by atoms with van der Waals surface area (Å²) >= 11 is 0. The summed E-state index contributed by atoms with van der Waals surface area (Å²) in [5.41, 5.74) is 0. The van der Waals surface area contributed by atoms with Crippen LogP contribution in [0.2, 0.25) is 0 Å². The maximum atomic E-state index is 8.80. The van der Waals surface area contributed by atoms with E-state index in [0.29, 0.717) is 19.8 Å². The summed E-state index contributed by atoms with van der Waals surface area (Å²) in [6.07, 6.45) is 5.60. The lowest BCUT2D eigenvalue weighted by Crippen LogP contribution is -2.26. The van der Waals surface area contributed by atoms with Gasteiger partial charge >= 0.3 is 0 Å². The largest absolute Gasteiger partial charge is 0.396 e. The number of hydrogen-bond acceptors (Lipinski definition) is 5. The maximum Gasteiger partial charge on any atom is 0.0781 e. The molecule has 0 aliphatic carbocycles. The van der Waals surface area contributed by atoms with Crippen LogP contribution in [0.15, 0.2) is 0 Å². The van der Waals surface area contributed by atoms with Gasteiger partial charge in [-0.25, -0.2) is 0 Å².